The van der Waals surface area contributed by atoms with Gasteiger partial charge in [0.2, 0.25) is 0 Å². The fourth-order valence-electron chi connectivity index (χ4n) is 9.93. The number of nitriles is 1. The summed E-state index contributed by atoms with van der Waals surface area (Å²) in [4.78, 5) is 12.6. The Labute approximate surface area is 249 Å². The van der Waals surface area contributed by atoms with Gasteiger partial charge >= 0.3 is 6.16 Å². The first-order chi connectivity index (χ1) is 19.6. The van der Waals surface area contributed by atoms with Crippen LogP contribution in [-0.2, 0) is 11.2 Å². The molecule has 3 fully saturated rings. The molecular weight excluding hydrogens is 506 g/mol. The lowest BCUT2D eigenvalue weighted by atomic mass is 9.47. The van der Waals surface area contributed by atoms with Crippen molar-refractivity contribution in [2.24, 2.45) is 46.3 Å². The Morgan fingerprint density at radius 2 is 1.80 bits per heavy atom. The van der Waals surface area contributed by atoms with Crippen molar-refractivity contribution in [3.8, 4) is 11.8 Å². The Kier molecular flexibility index (Phi) is 9.22. The molecule has 0 heterocycles. The minimum atomic E-state index is -0.606. The van der Waals surface area contributed by atoms with Gasteiger partial charge in [-0.25, -0.2) is 4.79 Å². The number of hydrogen-bond donors (Lipinski definition) is 0. The normalized spacial score (nSPS) is 35.0. The zero-order valence-electron chi connectivity index (χ0n) is 26.3. The van der Waals surface area contributed by atoms with Crippen molar-refractivity contribution < 1.29 is 14.3 Å². The number of carbonyl (C=O) groups excluding carboxylic acids is 1. The zero-order chi connectivity index (χ0) is 29.2. The molecule has 41 heavy (non-hydrogen) atoms. The van der Waals surface area contributed by atoms with Crippen molar-refractivity contribution in [3.63, 3.8) is 0 Å². The van der Waals surface area contributed by atoms with Crippen molar-refractivity contribution in [1.82, 2.24) is 0 Å². The molecule has 0 bridgehead atoms. The van der Waals surface area contributed by atoms with Crippen LogP contribution in [0.2, 0.25) is 0 Å². The molecule has 1 aromatic carbocycles. The van der Waals surface area contributed by atoms with Crippen LogP contribution in [0.15, 0.2) is 35.9 Å². The summed E-state index contributed by atoms with van der Waals surface area (Å²) in [5.74, 6) is 5.49. The zero-order valence-corrected chi connectivity index (χ0v) is 26.3. The Morgan fingerprint density at radius 1 is 1.02 bits per heavy atom. The van der Waals surface area contributed by atoms with Crippen LogP contribution >= 0.6 is 0 Å². The molecule has 0 aliphatic heterocycles. The summed E-state index contributed by atoms with van der Waals surface area (Å²) < 4.78 is 11.3. The van der Waals surface area contributed by atoms with E-state index in [-0.39, 0.29) is 11.5 Å². The lowest BCUT2D eigenvalue weighted by molar-refractivity contribution is -0.0597. The summed E-state index contributed by atoms with van der Waals surface area (Å²) in [6.45, 7) is 12.5. The van der Waals surface area contributed by atoms with E-state index in [1.165, 1.54) is 56.9 Å². The standard InChI is InChI=1S/C37H53NO3/c1-25(2)8-6-9-26(3)32-17-18-33-31-16-13-28-24-30(19-21-36(28,4)34(31)20-22-37(32,33)5)41-35(39)40-29-14-11-27(12-15-29)10-7-23-38/h11-15,25-26,30-34H,6-10,16-22,24H2,1-5H3. The van der Waals surface area contributed by atoms with Crippen LogP contribution < -0.4 is 4.74 Å². The molecular formula is C37H53NO3. The second-order valence-corrected chi connectivity index (χ2v) is 14.9. The largest absolute Gasteiger partial charge is 0.514 e. The average molecular weight is 560 g/mol. The Balaban J connectivity index is 1.18. The number of benzene rings is 1. The Morgan fingerprint density at radius 3 is 2.54 bits per heavy atom. The second-order valence-electron chi connectivity index (χ2n) is 14.9. The number of fused-ring (bicyclic) bond motifs is 5. The van der Waals surface area contributed by atoms with Crippen molar-refractivity contribution >= 4 is 6.16 Å². The molecule has 4 aliphatic carbocycles. The molecule has 1 aromatic rings. The van der Waals surface area contributed by atoms with Gasteiger partial charge in [-0.3, -0.25) is 0 Å². The van der Waals surface area contributed by atoms with Gasteiger partial charge in [-0.2, -0.15) is 5.26 Å². The summed E-state index contributed by atoms with van der Waals surface area (Å²) >= 11 is 0. The highest BCUT2D eigenvalue weighted by molar-refractivity contribution is 5.64. The number of ether oxygens (including phenoxy) is 2. The SMILES string of the molecule is CC(C)CCCC(C)C1CCC2C3CC=C4CC(OC(=O)Oc5ccc(CCC#N)cc5)CCC4(C)C3CCC12C. The maximum atomic E-state index is 12.6. The van der Waals surface area contributed by atoms with E-state index < -0.39 is 6.16 Å². The topological polar surface area (TPSA) is 59.3 Å². The van der Waals surface area contributed by atoms with Gasteiger partial charge in [0.05, 0.1) is 6.07 Å². The minimum Gasteiger partial charge on any atom is -0.430 e. The van der Waals surface area contributed by atoms with Gasteiger partial charge < -0.3 is 9.47 Å². The number of carbonyl (C=O) groups is 1. The highest BCUT2D eigenvalue weighted by atomic mass is 16.7. The maximum Gasteiger partial charge on any atom is 0.514 e. The van der Waals surface area contributed by atoms with E-state index >= 15 is 0 Å². The molecule has 3 saturated carbocycles. The molecule has 8 atom stereocenters. The summed E-state index contributed by atoms with van der Waals surface area (Å²) in [6.07, 6.45) is 16.9. The minimum absolute atomic E-state index is 0.107. The van der Waals surface area contributed by atoms with Crippen molar-refractivity contribution in [2.75, 3.05) is 0 Å². The summed E-state index contributed by atoms with van der Waals surface area (Å²) in [7, 11) is 0. The molecule has 0 aromatic heterocycles. The summed E-state index contributed by atoms with van der Waals surface area (Å²) in [6, 6.07) is 9.55. The first kappa shape index (κ1) is 30.2. The van der Waals surface area contributed by atoms with Gasteiger partial charge in [0, 0.05) is 12.8 Å². The van der Waals surface area contributed by atoms with Crippen LogP contribution in [0.1, 0.15) is 117 Å². The Hall–Kier alpha value is -2.28. The van der Waals surface area contributed by atoms with Crippen molar-refractivity contribution in [2.45, 2.75) is 124 Å². The van der Waals surface area contributed by atoms with E-state index in [1.54, 1.807) is 12.1 Å². The van der Waals surface area contributed by atoms with E-state index in [1.807, 2.05) is 12.1 Å². The number of allylic oxidation sites excluding steroid dienone is 1. The molecule has 4 aliphatic rings. The van der Waals surface area contributed by atoms with E-state index in [0.29, 0.717) is 24.0 Å². The third-order valence-corrected chi connectivity index (χ3v) is 12.2. The second kappa shape index (κ2) is 12.5. The lowest BCUT2D eigenvalue weighted by Gasteiger charge is -2.58. The smallest absolute Gasteiger partial charge is 0.430 e. The third-order valence-electron chi connectivity index (χ3n) is 12.2. The van der Waals surface area contributed by atoms with E-state index in [9.17, 15) is 4.79 Å². The predicted octanol–water partition coefficient (Wildman–Crippen LogP) is 10.1. The van der Waals surface area contributed by atoms with Crippen molar-refractivity contribution in [3.05, 3.63) is 41.5 Å². The van der Waals surface area contributed by atoms with E-state index in [0.717, 1.165) is 60.3 Å². The highest BCUT2D eigenvalue weighted by Gasteiger charge is 2.59. The molecule has 5 rings (SSSR count). The first-order valence-electron chi connectivity index (χ1n) is 16.7. The first-order valence-corrected chi connectivity index (χ1v) is 16.7. The monoisotopic (exact) mass is 559 g/mol. The lowest BCUT2D eigenvalue weighted by Crippen LogP contribution is -2.51. The van der Waals surface area contributed by atoms with Gasteiger partial charge in [0.25, 0.3) is 0 Å². The van der Waals surface area contributed by atoms with Crippen LogP contribution in [0.25, 0.3) is 0 Å². The van der Waals surface area contributed by atoms with Gasteiger partial charge in [0.15, 0.2) is 0 Å². The Bertz CT molecular complexity index is 1130. The van der Waals surface area contributed by atoms with Crippen LogP contribution in [0, 0.1) is 57.7 Å². The van der Waals surface area contributed by atoms with Crippen LogP contribution in [0.4, 0.5) is 4.79 Å². The number of hydrogen-bond acceptors (Lipinski definition) is 4. The molecule has 0 saturated heterocycles. The molecule has 4 nitrogen and oxygen atoms in total. The van der Waals surface area contributed by atoms with Gasteiger partial charge in [-0.05, 0) is 115 Å². The summed E-state index contributed by atoms with van der Waals surface area (Å²) in [5.41, 5.74) is 3.35. The fourth-order valence-corrected chi connectivity index (χ4v) is 9.93. The molecule has 8 unspecified atom stereocenters. The fraction of sp³-hybridized carbons (Fsp3) is 0.730. The molecule has 0 spiro atoms. The highest BCUT2D eigenvalue weighted by Crippen LogP contribution is 2.67. The molecule has 0 N–H and O–H groups in total. The average Bonchev–Trinajstić information content (AvgIpc) is 3.30. The van der Waals surface area contributed by atoms with Gasteiger partial charge in [0.1, 0.15) is 11.9 Å². The predicted molar refractivity (Wildman–Crippen MR) is 164 cm³/mol. The van der Waals surface area contributed by atoms with Crippen LogP contribution in [-0.4, -0.2) is 12.3 Å². The molecule has 0 radical (unpaired) electrons. The maximum absolute atomic E-state index is 12.6. The van der Waals surface area contributed by atoms with Crippen molar-refractivity contribution in [1.29, 1.82) is 5.26 Å². The number of rotatable bonds is 9. The molecule has 224 valence electrons. The number of nitrogens with zero attached hydrogens (tertiary/aromatic N) is 1. The molecule has 0 amide bonds. The molecule has 4 heteroatoms. The van der Waals surface area contributed by atoms with Crippen LogP contribution in [0.5, 0.6) is 5.75 Å². The summed E-state index contributed by atoms with van der Waals surface area (Å²) in [5, 5.41) is 8.77. The van der Waals surface area contributed by atoms with Gasteiger partial charge in [-0.1, -0.05) is 77.7 Å². The van der Waals surface area contributed by atoms with Gasteiger partial charge in [-0.15, -0.1) is 0 Å². The number of aryl methyl sites for hydroxylation is 1. The quantitative estimate of drug-likeness (QED) is 0.172. The third kappa shape index (κ3) is 6.25. The van der Waals surface area contributed by atoms with E-state index in [2.05, 4.69) is 46.8 Å². The van der Waals surface area contributed by atoms with E-state index in [4.69, 9.17) is 14.7 Å². The van der Waals surface area contributed by atoms with Crippen LogP contribution in [0.3, 0.4) is 0 Å².